The van der Waals surface area contributed by atoms with Crippen LogP contribution in [-0.2, 0) is 9.19 Å². The molecule has 0 amide bonds. The summed E-state index contributed by atoms with van der Waals surface area (Å²) in [4.78, 5) is 25.4. The Bertz CT molecular complexity index is 135. The molecule has 0 saturated carbocycles. The second kappa shape index (κ2) is 2.58. The Labute approximate surface area is 52.9 Å². The van der Waals surface area contributed by atoms with Crippen LogP contribution in [0.2, 0.25) is 0 Å². The molecule has 8 heavy (non-hydrogen) atoms. The van der Waals surface area contributed by atoms with E-state index >= 15 is 0 Å². The molecule has 6 nitrogen and oxygen atoms in total. The van der Waals surface area contributed by atoms with Crippen molar-refractivity contribution in [3.8, 4) is 0 Å². The van der Waals surface area contributed by atoms with E-state index in [-0.39, 0.29) is 20.4 Å². The largest absolute Gasteiger partial charge is 0.574 e. The summed E-state index contributed by atoms with van der Waals surface area (Å²) in [6.45, 7) is 0. The zero-order chi connectivity index (χ0) is 6.78. The van der Waals surface area contributed by atoms with Crippen molar-refractivity contribution in [2.45, 2.75) is 0 Å². The molecule has 0 aliphatic carbocycles. The molecule has 0 aromatic rings. The molecule has 0 rings (SSSR count). The first kappa shape index (κ1) is 8.08. The smallest absolute Gasteiger partial charge is 0.290 e. The van der Waals surface area contributed by atoms with Crippen LogP contribution in [0.3, 0.4) is 0 Å². The average Bonchev–Trinajstić information content (AvgIpc) is 1.21. The van der Waals surface area contributed by atoms with Gasteiger partial charge in [0.2, 0.25) is 0 Å². The maximum absolute atomic E-state index is 9.72. The van der Waals surface area contributed by atoms with Crippen LogP contribution in [0.5, 0.6) is 0 Å². The summed E-state index contributed by atoms with van der Waals surface area (Å²) in [6.07, 6.45) is 0. The Morgan fingerprint density at radius 2 is 2.00 bits per heavy atom. The third-order valence-electron chi connectivity index (χ3n) is 0.221. The van der Waals surface area contributed by atoms with Crippen molar-refractivity contribution in [2.24, 2.45) is 0 Å². The molecule has 0 saturated heterocycles. The molecule has 0 heterocycles. The fourth-order valence-electron chi connectivity index (χ4n) is 0.150. The topological polar surface area (TPSA) is 86.8 Å². The van der Waals surface area contributed by atoms with Gasteiger partial charge in [0, 0.05) is 0 Å². The average molecular weight is 156 g/mol. The normalized spacial score (nSPS) is 10.9. The zero-order valence-corrected chi connectivity index (χ0v) is 6.91. The van der Waals surface area contributed by atoms with Crippen LogP contribution in [0.1, 0.15) is 0 Å². The van der Waals surface area contributed by atoms with E-state index in [1.54, 1.807) is 0 Å². The van der Waals surface area contributed by atoms with E-state index in [2.05, 4.69) is 4.62 Å². The Morgan fingerprint density at radius 1 is 1.62 bits per heavy atom. The molecular weight excluding hydrogens is 152 g/mol. The highest BCUT2D eigenvalue weighted by atomic mass is 31.2. The molecule has 0 aliphatic heterocycles. The lowest BCUT2D eigenvalue weighted by atomic mass is 13.4. The molecule has 0 aromatic carbocycles. The van der Waals surface area contributed by atoms with E-state index in [0.717, 1.165) is 0 Å². The third-order valence-corrected chi connectivity index (χ3v) is 1.15. The van der Waals surface area contributed by atoms with Gasteiger partial charge in [-0.2, -0.15) is 0 Å². The molecule has 0 aliphatic rings. The highest BCUT2D eigenvalue weighted by Gasteiger charge is 2.18. The van der Waals surface area contributed by atoms with E-state index in [1.165, 1.54) is 0 Å². The van der Waals surface area contributed by atoms with Crippen LogP contribution in [0, 0.1) is 4.91 Å². The monoisotopic (exact) mass is 156 g/mol. The van der Waals surface area contributed by atoms with E-state index < -0.39 is 7.82 Å². The lowest BCUT2D eigenvalue weighted by Gasteiger charge is -1.97. The number of rotatable bonds is 2. The first-order valence-electron chi connectivity index (χ1n) is 1.58. The van der Waals surface area contributed by atoms with Crippen LogP contribution in [0.4, 0.5) is 0 Å². The number of nitrogens with zero attached hydrogens (tertiary/aromatic N) is 1. The summed E-state index contributed by atoms with van der Waals surface area (Å²) >= 11 is -0.0869. The van der Waals surface area contributed by atoms with Gasteiger partial charge in [-0.1, -0.05) is 0 Å². The number of hydrogen-bond donors (Lipinski definition) is 2. The van der Waals surface area contributed by atoms with Crippen molar-refractivity contribution in [3.05, 3.63) is 4.91 Å². The fraction of sp³-hybridized carbons (Fsp3) is 0. The molecule has 1 radical (unpaired) electrons. The highest BCUT2D eigenvalue weighted by Crippen LogP contribution is 2.34. The maximum atomic E-state index is 9.72. The van der Waals surface area contributed by atoms with Gasteiger partial charge in [0.1, 0.15) is 0 Å². The standard InChI is InChI=1S/Al.H2NO5P.2H/c;2-1-6-7(3,4)5;;/h;(H2,3,4,5);;. The van der Waals surface area contributed by atoms with E-state index in [0.29, 0.717) is 0 Å². The van der Waals surface area contributed by atoms with Crippen LogP contribution < -0.4 is 0 Å². The first-order chi connectivity index (χ1) is 3.42. The first-order valence-corrected chi connectivity index (χ1v) is 4.00. The maximum Gasteiger partial charge on any atom is 0.574 e. The molecule has 0 unspecified atom stereocenters. The molecule has 0 spiro atoms. The van der Waals surface area contributed by atoms with Crippen LogP contribution in [0.25, 0.3) is 0 Å². The van der Waals surface area contributed by atoms with E-state index in [4.69, 9.17) is 9.79 Å². The Kier molecular flexibility index (Phi) is 2.60. The van der Waals surface area contributed by atoms with Crippen LogP contribution >= 0.6 is 7.82 Å². The number of phosphoric acid groups is 1. The summed E-state index contributed by atoms with van der Waals surface area (Å²) in [5.41, 5.74) is 0. The minimum atomic E-state index is -4.57. The van der Waals surface area contributed by atoms with Crippen molar-refractivity contribution in [2.75, 3.05) is 0 Å². The SMILES string of the molecule is O=[N+]([AlH2-])OP(=O)(O)O. The molecule has 47 valence electrons. The van der Waals surface area contributed by atoms with Gasteiger partial charge >= 0.3 is 24.3 Å². The van der Waals surface area contributed by atoms with Crippen molar-refractivity contribution < 1.29 is 22.9 Å². The predicted octanol–water partition coefficient (Wildman–Crippen LogP) is -1.66. The summed E-state index contributed by atoms with van der Waals surface area (Å²) in [7, 11) is -4.57. The van der Waals surface area contributed by atoms with Gasteiger partial charge in [0.05, 0.1) is 0 Å². The minimum Gasteiger partial charge on any atom is -0.290 e. The van der Waals surface area contributed by atoms with Crippen molar-refractivity contribution >= 4 is 24.3 Å². The van der Waals surface area contributed by atoms with Gasteiger partial charge < -0.3 is 0 Å². The molecule has 2 N–H and O–H groups in total. The fourth-order valence-corrected chi connectivity index (χ4v) is 1.09. The van der Waals surface area contributed by atoms with Crippen molar-refractivity contribution in [1.82, 2.24) is 0 Å². The number of hydrogen-bond acceptors (Lipinski definition) is 3. The van der Waals surface area contributed by atoms with Gasteiger partial charge in [-0.3, -0.25) is 9.79 Å². The summed E-state index contributed by atoms with van der Waals surface area (Å²) in [5, 5.41) is 0. The van der Waals surface area contributed by atoms with Gasteiger partial charge in [-0.15, -0.1) is 3.91 Å². The molecule has 8 heteroatoms. The van der Waals surface area contributed by atoms with Crippen molar-refractivity contribution in [1.29, 1.82) is 0 Å². The zero-order valence-electron chi connectivity index (χ0n) is 4.01. The van der Waals surface area contributed by atoms with Crippen molar-refractivity contribution in [3.63, 3.8) is 0 Å². The van der Waals surface area contributed by atoms with E-state index in [9.17, 15) is 9.47 Å². The summed E-state index contributed by atoms with van der Waals surface area (Å²) in [5.74, 6) is 0. The molecule has 0 bridgehead atoms. The molecule has 0 atom stereocenters. The lowest BCUT2D eigenvalue weighted by molar-refractivity contribution is -0.656. The predicted molar refractivity (Wildman–Crippen MR) is 25.3 cm³/mol. The van der Waals surface area contributed by atoms with Gasteiger partial charge in [0.25, 0.3) is 0 Å². The van der Waals surface area contributed by atoms with Crippen LogP contribution in [0.15, 0.2) is 0 Å². The summed E-state index contributed by atoms with van der Waals surface area (Å²) < 4.78 is 13.0. The minimum absolute atomic E-state index is 0.0869. The van der Waals surface area contributed by atoms with Crippen LogP contribution in [-0.4, -0.2) is 30.2 Å². The highest BCUT2D eigenvalue weighted by molar-refractivity contribution is 7.46. The van der Waals surface area contributed by atoms with Gasteiger partial charge in [0.15, 0.2) is 0 Å². The second-order valence-electron chi connectivity index (χ2n) is 1.01. The molecular formula is H4AlNO5P. The molecule has 0 aromatic heterocycles. The second-order valence-corrected chi connectivity index (χ2v) is 2.89. The Balaban J connectivity index is 3.74. The summed E-state index contributed by atoms with van der Waals surface area (Å²) in [6, 6.07) is 0. The Morgan fingerprint density at radius 3 is 2.00 bits per heavy atom. The Hall–Kier alpha value is 0.0825. The molecule has 0 fully saturated rings. The third kappa shape index (κ3) is 6.08. The van der Waals surface area contributed by atoms with Gasteiger partial charge in [-0.25, -0.2) is 9.19 Å². The van der Waals surface area contributed by atoms with E-state index in [1.807, 2.05) is 0 Å². The van der Waals surface area contributed by atoms with Gasteiger partial charge in [-0.05, 0) is 4.91 Å². The quantitative estimate of drug-likeness (QED) is 0.283. The lowest BCUT2D eigenvalue weighted by Crippen LogP contribution is -2.00.